The summed E-state index contributed by atoms with van der Waals surface area (Å²) in [6, 6.07) is 16.7. The quantitative estimate of drug-likeness (QED) is 0.200. The molecule has 0 saturated carbocycles. The lowest BCUT2D eigenvalue weighted by molar-refractivity contribution is 0.112. The number of nitrogens with one attached hydrogen (secondary N) is 1. The number of thiophene rings is 1. The molecule has 7 nitrogen and oxygen atoms in total. The van der Waals surface area contributed by atoms with Crippen molar-refractivity contribution in [2.45, 2.75) is 29.6 Å². The third kappa shape index (κ3) is 7.77. The van der Waals surface area contributed by atoms with Gasteiger partial charge >= 0.3 is 0 Å². The van der Waals surface area contributed by atoms with E-state index in [1.807, 2.05) is 18.2 Å². The number of aldehydes is 1. The van der Waals surface area contributed by atoms with Crippen LogP contribution < -0.4 is 19.7 Å². The highest BCUT2D eigenvalue weighted by atomic mass is 32.2. The van der Waals surface area contributed by atoms with Crippen molar-refractivity contribution >= 4 is 35.3 Å². The molecule has 4 rings (SSSR count). The predicted octanol–water partition coefficient (Wildman–Crippen LogP) is 5.58. The summed E-state index contributed by atoms with van der Waals surface area (Å²) >= 11 is 3.56. The number of benzene rings is 2. The van der Waals surface area contributed by atoms with E-state index in [0.717, 1.165) is 80.2 Å². The lowest BCUT2D eigenvalue weighted by Gasteiger charge is -2.34. The fourth-order valence-electron chi connectivity index (χ4n) is 5.16. The van der Waals surface area contributed by atoms with Crippen molar-refractivity contribution in [1.29, 1.82) is 0 Å². The minimum Gasteiger partial charge on any atom is -0.493 e. The van der Waals surface area contributed by atoms with Gasteiger partial charge < -0.3 is 19.7 Å². The molecule has 0 amide bonds. The van der Waals surface area contributed by atoms with Crippen LogP contribution in [-0.2, 0) is 6.54 Å². The first-order valence-electron chi connectivity index (χ1n) is 13.4. The number of piperazine rings is 1. The van der Waals surface area contributed by atoms with Crippen LogP contribution in [0.2, 0.25) is 0 Å². The molecule has 0 radical (unpaired) electrons. The van der Waals surface area contributed by atoms with Gasteiger partial charge in [-0.3, -0.25) is 9.69 Å². The summed E-state index contributed by atoms with van der Waals surface area (Å²) in [6.07, 6.45) is 2.99. The molecule has 0 bridgehead atoms. The van der Waals surface area contributed by atoms with Gasteiger partial charge in [0, 0.05) is 56.6 Å². The Bertz CT molecular complexity index is 1180. The first kappa shape index (κ1) is 29.4. The normalized spacial score (nSPS) is 14.6. The summed E-state index contributed by atoms with van der Waals surface area (Å²) in [4.78, 5) is 16.9. The maximum absolute atomic E-state index is 12.1. The van der Waals surface area contributed by atoms with E-state index < -0.39 is 0 Å². The summed E-state index contributed by atoms with van der Waals surface area (Å²) in [5.41, 5.74) is 4.19. The minimum atomic E-state index is 0.139. The molecule has 1 saturated heterocycles. The molecule has 2 heterocycles. The Hall–Kier alpha value is -2.56. The van der Waals surface area contributed by atoms with Gasteiger partial charge in [-0.25, -0.2) is 4.31 Å². The minimum absolute atomic E-state index is 0.139. The van der Waals surface area contributed by atoms with Crippen LogP contribution in [0.15, 0.2) is 58.1 Å². The number of rotatable bonds is 14. The molecule has 1 aliphatic rings. The van der Waals surface area contributed by atoms with Crippen LogP contribution in [0.25, 0.3) is 0 Å². The van der Waals surface area contributed by atoms with E-state index in [2.05, 4.69) is 69.2 Å². The van der Waals surface area contributed by atoms with Crippen LogP contribution in [0.1, 0.15) is 40.4 Å². The molecule has 1 aliphatic heterocycles. The molecule has 210 valence electrons. The molecular weight excluding hydrogens is 528 g/mol. The zero-order valence-corrected chi connectivity index (χ0v) is 25.0. The summed E-state index contributed by atoms with van der Waals surface area (Å²) in [6.45, 7) is 5.42. The molecule has 1 fully saturated rings. The van der Waals surface area contributed by atoms with Gasteiger partial charge in [-0.15, -0.1) is 11.3 Å². The van der Waals surface area contributed by atoms with Gasteiger partial charge in [0.25, 0.3) is 0 Å². The fraction of sp³-hybridized carbons (Fsp3) is 0.433. The SMILES string of the molecule is COc1ccc(C(CCCN(C)Sc2cccs2)N(C)Cc2c(C=O)cccc2N2CCNCC2)cc1OC. The Morgan fingerprint density at radius 3 is 2.56 bits per heavy atom. The Balaban J connectivity index is 1.57. The van der Waals surface area contributed by atoms with Crippen molar-refractivity contribution in [3.8, 4) is 11.5 Å². The average molecular weight is 569 g/mol. The van der Waals surface area contributed by atoms with E-state index in [1.54, 1.807) is 37.5 Å². The topological polar surface area (TPSA) is 57.3 Å². The molecule has 0 spiro atoms. The number of anilines is 1. The Morgan fingerprint density at radius 1 is 1.08 bits per heavy atom. The third-order valence-electron chi connectivity index (χ3n) is 7.20. The Kier molecular flexibility index (Phi) is 11.1. The molecule has 1 unspecified atom stereocenters. The first-order chi connectivity index (χ1) is 19.0. The Labute approximate surface area is 241 Å². The van der Waals surface area contributed by atoms with Crippen molar-refractivity contribution in [2.75, 3.05) is 65.9 Å². The summed E-state index contributed by atoms with van der Waals surface area (Å²) in [5.74, 6) is 1.45. The van der Waals surface area contributed by atoms with Crippen molar-refractivity contribution in [2.24, 2.45) is 0 Å². The van der Waals surface area contributed by atoms with Crippen LogP contribution in [0, 0.1) is 0 Å². The largest absolute Gasteiger partial charge is 0.493 e. The highest BCUT2D eigenvalue weighted by Crippen LogP contribution is 2.36. The Morgan fingerprint density at radius 2 is 1.87 bits per heavy atom. The van der Waals surface area contributed by atoms with E-state index in [9.17, 15) is 4.79 Å². The summed E-state index contributed by atoms with van der Waals surface area (Å²) < 4.78 is 14.8. The van der Waals surface area contributed by atoms with Crippen LogP contribution in [0.5, 0.6) is 11.5 Å². The number of hydrogen-bond donors (Lipinski definition) is 1. The third-order valence-corrected chi connectivity index (χ3v) is 9.18. The molecular formula is C30H40N4O3S2. The molecule has 0 aliphatic carbocycles. The van der Waals surface area contributed by atoms with Gasteiger partial charge in [0.05, 0.1) is 18.4 Å². The molecule has 3 aromatic rings. The zero-order valence-electron chi connectivity index (χ0n) is 23.4. The zero-order chi connectivity index (χ0) is 27.6. The van der Waals surface area contributed by atoms with Crippen molar-refractivity contribution < 1.29 is 14.3 Å². The van der Waals surface area contributed by atoms with Crippen LogP contribution in [0.3, 0.4) is 0 Å². The van der Waals surface area contributed by atoms with E-state index in [4.69, 9.17) is 9.47 Å². The number of carbonyl (C=O) groups excluding carboxylic acids is 1. The van der Waals surface area contributed by atoms with Gasteiger partial charge in [0.1, 0.15) is 6.29 Å². The van der Waals surface area contributed by atoms with Crippen molar-refractivity contribution in [3.05, 3.63) is 70.6 Å². The van der Waals surface area contributed by atoms with Crippen LogP contribution in [0.4, 0.5) is 5.69 Å². The highest BCUT2D eigenvalue weighted by Gasteiger charge is 2.23. The second-order valence-electron chi connectivity index (χ2n) is 9.76. The molecule has 1 N–H and O–H groups in total. The van der Waals surface area contributed by atoms with E-state index in [-0.39, 0.29) is 6.04 Å². The maximum atomic E-state index is 12.1. The smallest absolute Gasteiger partial charge is 0.161 e. The van der Waals surface area contributed by atoms with Gasteiger partial charge in [-0.1, -0.05) is 24.3 Å². The van der Waals surface area contributed by atoms with E-state index in [0.29, 0.717) is 6.54 Å². The first-order valence-corrected chi connectivity index (χ1v) is 15.1. The van der Waals surface area contributed by atoms with Crippen LogP contribution in [-0.4, -0.2) is 76.5 Å². The van der Waals surface area contributed by atoms with Crippen LogP contribution >= 0.6 is 23.3 Å². The van der Waals surface area contributed by atoms with Crippen molar-refractivity contribution in [3.63, 3.8) is 0 Å². The molecule has 9 heteroatoms. The van der Waals surface area contributed by atoms with Gasteiger partial charge in [0.2, 0.25) is 0 Å². The summed E-state index contributed by atoms with van der Waals surface area (Å²) in [7, 11) is 7.65. The predicted molar refractivity (Wildman–Crippen MR) is 163 cm³/mol. The second kappa shape index (κ2) is 14.7. The van der Waals surface area contributed by atoms with E-state index >= 15 is 0 Å². The van der Waals surface area contributed by atoms with E-state index in [1.165, 1.54) is 9.77 Å². The maximum Gasteiger partial charge on any atom is 0.161 e. The van der Waals surface area contributed by atoms with Gasteiger partial charge in [-0.2, -0.15) is 0 Å². The van der Waals surface area contributed by atoms with Crippen molar-refractivity contribution in [1.82, 2.24) is 14.5 Å². The molecule has 39 heavy (non-hydrogen) atoms. The summed E-state index contributed by atoms with van der Waals surface area (Å²) in [5, 5.41) is 5.55. The number of ether oxygens (including phenoxy) is 2. The molecule has 1 atom stereocenters. The molecule has 1 aromatic heterocycles. The highest BCUT2D eigenvalue weighted by molar-refractivity contribution is 7.98. The number of methoxy groups -OCH3 is 2. The fourth-order valence-corrected chi connectivity index (χ4v) is 7.00. The average Bonchev–Trinajstić information content (AvgIpc) is 3.48. The number of carbonyl (C=O) groups is 1. The number of nitrogens with zero attached hydrogens (tertiary/aromatic N) is 3. The van der Waals surface area contributed by atoms with Gasteiger partial charge in [0.15, 0.2) is 11.5 Å². The standard InChI is InChI=1S/C30H40N4O3S2/c1-32(21-25-24(22-35)8-5-9-27(25)34-17-14-31-15-18-34)26(23-12-13-28(36-3)29(20-23)37-4)10-6-16-33(2)39-30-11-7-19-38-30/h5,7-9,11-13,19-20,22,26,31H,6,10,14-18,21H2,1-4H3. The second-order valence-corrected chi connectivity index (χ2v) is 12.2. The van der Waals surface area contributed by atoms with Gasteiger partial charge in [-0.05, 0) is 79.7 Å². The lowest BCUT2D eigenvalue weighted by Crippen LogP contribution is -2.44. The lowest BCUT2D eigenvalue weighted by atomic mass is 9.97. The monoisotopic (exact) mass is 568 g/mol. The number of hydrogen-bond acceptors (Lipinski definition) is 9. The molecule has 2 aromatic carbocycles.